The quantitative estimate of drug-likeness (QED) is 0.432. The van der Waals surface area contributed by atoms with Gasteiger partial charge in [0, 0.05) is 43.3 Å². The smallest absolute Gasteiger partial charge is 0.406 e. The molecular formula is C26H27F3N4O3. The molecule has 0 radical (unpaired) electrons. The molecule has 2 N–H and O–H groups in total. The van der Waals surface area contributed by atoms with E-state index in [0.29, 0.717) is 11.3 Å². The first kappa shape index (κ1) is 25.5. The number of nitrogens with one attached hydrogen (secondary N) is 2. The molecule has 2 heterocycles. The van der Waals surface area contributed by atoms with Crippen LogP contribution in [-0.4, -0.2) is 61.5 Å². The van der Waals surface area contributed by atoms with Crippen LogP contribution >= 0.6 is 0 Å². The van der Waals surface area contributed by atoms with Gasteiger partial charge in [0.05, 0.1) is 18.7 Å². The van der Waals surface area contributed by atoms with Crippen molar-refractivity contribution in [2.24, 2.45) is 0 Å². The predicted molar refractivity (Wildman–Crippen MR) is 133 cm³/mol. The Kier molecular flexibility index (Phi) is 8.07. The van der Waals surface area contributed by atoms with Gasteiger partial charge in [0.25, 0.3) is 0 Å². The van der Waals surface area contributed by atoms with Gasteiger partial charge in [0.15, 0.2) is 0 Å². The Balaban J connectivity index is 1.34. The highest BCUT2D eigenvalue weighted by molar-refractivity contribution is 6.03. The maximum Gasteiger partial charge on any atom is 0.573 e. The Morgan fingerprint density at radius 1 is 1.14 bits per heavy atom. The van der Waals surface area contributed by atoms with Crippen molar-refractivity contribution in [1.82, 2.24) is 9.88 Å². The van der Waals surface area contributed by atoms with E-state index in [1.165, 1.54) is 36.4 Å². The molecule has 1 amide bonds. The van der Waals surface area contributed by atoms with E-state index in [4.69, 9.17) is 4.74 Å². The molecule has 4 rings (SSSR count). The van der Waals surface area contributed by atoms with E-state index in [0.717, 1.165) is 61.7 Å². The summed E-state index contributed by atoms with van der Waals surface area (Å²) in [5.74, 6) is 0.122. The average Bonchev–Trinajstić information content (AvgIpc) is 2.84. The number of morpholine rings is 1. The molecular weight excluding hydrogens is 473 g/mol. The van der Waals surface area contributed by atoms with Crippen LogP contribution < -0.4 is 15.4 Å². The largest absolute Gasteiger partial charge is 0.573 e. The number of anilines is 2. The van der Waals surface area contributed by atoms with Gasteiger partial charge < -0.3 is 20.1 Å². The highest BCUT2D eigenvalue weighted by Gasteiger charge is 2.30. The molecule has 0 unspecified atom stereocenters. The summed E-state index contributed by atoms with van der Waals surface area (Å²) in [4.78, 5) is 19.4. The van der Waals surface area contributed by atoms with Crippen LogP contribution in [0.25, 0.3) is 17.0 Å². The minimum absolute atomic E-state index is 0.320. The number of amides is 1. The van der Waals surface area contributed by atoms with Crippen LogP contribution in [0.3, 0.4) is 0 Å². The van der Waals surface area contributed by atoms with Crippen molar-refractivity contribution in [2.75, 3.05) is 50.0 Å². The summed E-state index contributed by atoms with van der Waals surface area (Å²) < 4.78 is 46.0. The van der Waals surface area contributed by atoms with E-state index in [1.807, 2.05) is 25.1 Å². The van der Waals surface area contributed by atoms with Crippen LogP contribution in [-0.2, 0) is 9.53 Å². The van der Waals surface area contributed by atoms with Gasteiger partial charge in [-0.2, -0.15) is 0 Å². The molecule has 1 aromatic heterocycles. The zero-order chi connectivity index (χ0) is 25.5. The molecule has 1 aliphatic heterocycles. The lowest BCUT2D eigenvalue weighted by molar-refractivity contribution is -0.274. The topological polar surface area (TPSA) is 75.7 Å². The summed E-state index contributed by atoms with van der Waals surface area (Å²) in [5, 5.41) is 7.11. The third-order valence-corrected chi connectivity index (χ3v) is 5.66. The van der Waals surface area contributed by atoms with Crippen molar-refractivity contribution in [3.8, 4) is 5.75 Å². The fourth-order valence-electron chi connectivity index (χ4n) is 3.87. The molecule has 7 nitrogen and oxygen atoms in total. The van der Waals surface area contributed by atoms with E-state index in [1.54, 1.807) is 6.07 Å². The van der Waals surface area contributed by atoms with Gasteiger partial charge in [-0.1, -0.05) is 12.1 Å². The number of hydrogen-bond acceptors (Lipinski definition) is 6. The Morgan fingerprint density at radius 2 is 1.89 bits per heavy atom. The number of aromatic nitrogens is 1. The summed E-state index contributed by atoms with van der Waals surface area (Å²) in [6, 6.07) is 12.7. The maximum absolute atomic E-state index is 12.4. The number of fused-ring (bicyclic) bond motifs is 1. The molecule has 2 aromatic carbocycles. The third-order valence-electron chi connectivity index (χ3n) is 5.66. The first-order valence-corrected chi connectivity index (χ1v) is 11.6. The van der Waals surface area contributed by atoms with E-state index in [9.17, 15) is 18.0 Å². The number of aryl methyl sites for hydroxylation is 1. The fourth-order valence-corrected chi connectivity index (χ4v) is 3.87. The minimum Gasteiger partial charge on any atom is -0.406 e. The van der Waals surface area contributed by atoms with Crippen molar-refractivity contribution >= 4 is 34.4 Å². The van der Waals surface area contributed by atoms with Gasteiger partial charge in [-0.3, -0.25) is 9.69 Å². The van der Waals surface area contributed by atoms with Crippen molar-refractivity contribution in [3.05, 3.63) is 65.7 Å². The lowest BCUT2D eigenvalue weighted by Crippen LogP contribution is -2.39. The summed E-state index contributed by atoms with van der Waals surface area (Å²) in [7, 11) is 0. The van der Waals surface area contributed by atoms with Gasteiger partial charge in [-0.15, -0.1) is 13.2 Å². The Hall–Kier alpha value is -3.63. The summed E-state index contributed by atoms with van der Waals surface area (Å²) in [5.41, 5.74) is 3.02. The monoisotopic (exact) mass is 500 g/mol. The van der Waals surface area contributed by atoms with Gasteiger partial charge in [0.1, 0.15) is 11.6 Å². The number of rotatable bonds is 8. The van der Waals surface area contributed by atoms with Crippen molar-refractivity contribution in [3.63, 3.8) is 0 Å². The van der Waals surface area contributed by atoms with Crippen molar-refractivity contribution < 1.29 is 27.4 Å². The lowest BCUT2D eigenvalue weighted by atomic mass is 10.1. The molecule has 0 spiro atoms. The van der Waals surface area contributed by atoms with Crippen LogP contribution in [0.15, 0.2) is 54.6 Å². The Morgan fingerprint density at radius 3 is 2.61 bits per heavy atom. The number of alkyl halides is 3. The molecule has 0 saturated carbocycles. The number of carbonyl (C=O) groups excluding carboxylic acids is 1. The average molecular weight is 501 g/mol. The minimum atomic E-state index is -4.74. The van der Waals surface area contributed by atoms with Crippen molar-refractivity contribution in [1.29, 1.82) is 0 Å². The van der Waals surface area contributed by atoms with Crippen LogP contribution in [0.1, 0.15) is 11.1 Å². The first-order chi connectivity index (χ1) is 17.2. The lowest BCUT2D eigenvalue weighted by Gasteiger charge is -2.26. The molecule has 10 heteroatoms. The van der Waals surface area contributed by atoms with E-state index < -0.39 is 6.36 Å². The van der Waals surface area contributed by atoms with E-state index >= 15 is 0 Å². The van der Waals surface area contributed by atoms with Crippen molar-refractivity contribution in [2.45, 2.75) is 13.3 Å². The summed E-state index contributed by atoms with van der Waals surface area (Å²) in [6.07, 6.45) is -1.92. The zero-order valence-electron chi connectivity index (χ0n) is 19.8. The summed E-state index contributed by atoms with van der Waals surface area (Å²) >= 11 is 0. The van der Waals surface area contributed by atoms with Crippen LogP contribution in [0.5, 0.6) is 5.75 Å². The normalized spacial score (nSPS) is 14.8. The SMILES string of the molecule is Cc1cc(NCCN2CCOCC2)nc2ccc(NC(=O)/C=C/c3ccc(OC(F)(F)F)cc3)cc12. The standard InChI is InChI=1S/C26H27F3N4O3/c1-18-16-24(30-10-11-33-12-14-35-15-13-33)32-23-8-5-20(17-22(18)23)31-25(34)9-4-19-2-6-21(7-3-19)36-26(27,28)29/h2-9,16-17H,10-15H2,1H3,(H,30,32)(H,31,34)/b9-4+. The van der Waals surface area contributed by atoms with Crippen LogP contribution in [0.4, 0.5) is 24.7 Å². The second-order valence-corrected chi connectivity index (χ2v) is 8.38. The first-order valence-electron chi connectivity index (χ1n) is 11.6. The molecule has 1 saturated heterocycles. The number of ether oxygens (including phenoxy) is 2. The number of halogens is 3. The van der Waals surface area contributed by atoms with Crippen LogP contribution in [0.2, 0.25) is 0 Å². The van der Waals surface area contributed by atoms with Gasteiger partial charge >= 0.3 is 6.36 Å². The Bertz CT molecular complexity index is 1220. The molecule has 3 aromatic rings. The van der Waals surface area contributed by atoms with Gasteiger partial charge in [-0.05, 0) is 60.5 Å². The fraction of sp³-hybridized carbons (Fsp3) is 0.308. The molecule has 0 aliphatic carbocycles. The maximum atomic E-state index is 12.4. The molecule has 0 atom stereocenters. The van der Waals surface area contributed by atoms with Gasteiger partial charge in [-0.25, -0.2) is 4.98 Å². The number of nitrogens with zero attached hydrogens (tertiary/aromatic N) is 2. The highest BCUT2D eigenvalue weighted by Crippen LogP contribution is 2.25. The summed E-state index contributed by atoms with van der Waals surface area (Å²) in [6.45, 7) is 7.14. The molecule has 190 valence electrons. The third kappa shape index (κ3) is 7.43. The predicted octanol–water partition coefficient (Wildman–Crippen LogP) is 4.84. The Labute approximate surface area is 206 Å². The van der Waals surface area contributed by atoms with Crippen LogP contribution in [0, 0.1) is 6.92 Å². The molecule has 0 bridgehead atoms. The van der Waals surface area contributed by atoms with E-state index in [-0.39, 0.29) is 11.7 Å². The van der Waals surface area contributed by atoms with Gasteiger partial charge in [0.2, 0.25) is 5.91 Å². The second kappa shape index (κ2) is 11.4. The zero-order valence-corrected chi connectivity index (χ0v) is 19.8. The highest BCUT2D eigenvalue weighted by atomic mass is 19.4. The van der Waals surface area contributed by atoms with E-state index in [2.05, 4.69) is 25.3 Å². The second-order valence-electron chi connectivity index (χ2n) is 8.38. The number of hydrogen-bond donors (Lipinski definition) is 2. The molecule has 1 aliphatic rings. The number of pyridine rings is 1. The number of carbonyl (C=O) groups is 1. The molecule has 36 heavy (non-hydrogen) atoms. The molecule has 1 fully saturated rings. The number of benzene rings is 2.